The van der Waals surface area contributed by atoms with Crippen LogP contribution in [0.5, 0.6) is 0 Å². The summed E-state index contributed by atoms with van der Waals surface area (Å²) in [7, 11) is 1.99. The molecule has 4 nitrogen and oxygen atoms in total. The van der Waals surface area contributed by atoms with Crippen molar-refractivity contribution in [2.45, 2.75) is 13.3 Å². The molecule has 2 rings (SSSR count). The summed E-state index contributed by atoms with van der Waals surface area (Å²) >= 11 is 0. The molecule has 0 aliphatic heterocycles. The van der Waals surface area contributed by atoms with Crippen molar-refractivity contribution in [1.29, 1.82) is 0 Å². The van der Waals surface area contributed by atoms with Crippen molar-refractivity contribution in [2.75, 3.05) is 6.54 Å². The summed E-state index contributed by atoms with van der Waals surface area (Å²) in [6.45, 7) is 6.00. The molecule has 0 amide bonds. The van der Waals surface area contributed by atoms with Crippen molar-refractivity contribution < 1.29 is 9.90 Å². The molecule has 1 aromatic heterocycles. The molecule has 1 unspecified atom stereocenters. The van der Waals surface area contributed by atoms with Crippen molar-refractivity contribution in [1.82, 2.24) is 4.57 Å². The standard InChI is InChI=1S/C16H20N2O2/c1-4-11-6-5-7-14-15(11)13(10(2)18(14)3)8-12(9-17)16(19)20/h4-7,12H,1,8-9,17H2,2-3H3,(H,19,20). The molecule has 0 fully saturated rings. The van der Waals surface area contributed by atoms with E-state index in [9.17, 15) is 9.90 Å². The molecule has 0 radical (unpaired) electrons. The van der Waals surface area contributed by atoms with Crippen LogP contribution in [0.2, 0.25) is 0 Å². The first-order chi connectivity index (χ1) is 9.51. The molecule has 2 aromatic rings. The van der Waals surface area contributed by atoms with Crippen LogP contribution < -0.4 is 5.73 Å². The molecule has 0 spiro atoms. The second-order valence-electron chi connectivity index (χ2n) is 5.04. The third-order valence-corrected chi connectivity index (χ3v) is 3.98. The number of benzene rings is 1. The Kier molecular flexibility index (Phi) is 3.95. The lowest BCUT2D eigenvalue weighted by Gasteiger charge is -2.10. The molecule has 20 heavy (non-hydrogen) atoms. The molecule has 0 aliphatic rings. The maximum Gasteiger partial charge on any atom is 0.308 e. The van der Waals surface area contributed by atoms with Gasteiger partial charge in [-0.3, -0.25) is 4.79 Å². The van der Waals surface area contributed by atoms with Crippen LogP contribution in [-0.2, 0) is 18.3 Å². The van der Waals surface area contributed by atoms with E-state index < -0.39 is 11.9 Å². The van der Waals surface area contributed by atoms with Crippen LogP contribution >= 0.6 is 0 Å². The fraction of sp³-hybridized carbons (Fsp3) is 0.312. The maximum atomic E-state index is 11.2. The fourth-order valence-corrected chi connectivity index (χ4v) is 2.67. The summed E-state index contributed by atoms with van der Waals surface area (Å²) in [6, 6.07) is 6.02. The molecular formula is C16H20N2O2. The highest BCUT2D eigenvalue weighted by Crippen LogP contribution is 2.30. The Labute approximate surface area is 118 Å². The third kappa shape index (κ3) is 2.23. The molecule has 3 N–H and O–H groups in total. The minimum absolute atomic E-state index is 0.140. The van der Waals surface area contributed by atoms with Crippen LogP contribution in [0.1, 0.15) is 16.8 Å². The van der Waals surface area contributed by atoms with E-state index in [1.807, 2.05) is 38.2 Å². The quantitative estimate of drug-likeness (QED) is 0.877. The zero-order chi connectivity index (χ0) is 14.9. The third-order valence-electron chi connectivity index (χ3n) is 3.98. The Morgan fingerprint density at radius 2 is 2.25 bits per heavy atom. The summed E-state index contributed by atoms with van der Waals surface area (Å²) in [5.74, 6) is -1.41. The lowest BCUT2D eigenvalue weighted by molar-refractivity contribution is -0.141. The Morgan fingerprint density at radius 3 is 2.80 bits per heavy atom. The van der Waals surface area contributed by atoms with E-state index in [-0.39, 0.29) is 6.54 Å². The molecule has 1 heterocycles. The normalized spacial score (nSPS) is 12.6. The molecular weight excluding hydrogens is 252 g/mol. The van der Waals surface area contributed by atoms with E-state index in [1.54, 1.807) is 0 Å². The summed E-state index contributed by atoms with van der Waals surface area (Å²) in [4.78, 5) is 11.2. The summed E-state index contributed by atoms with van der Waals surface area (Å²) in [5, 5.41) is 10.3. The van der Waals surface area contributed by atoms with Crippen LogP contribution in [0.25, 0.3) is 17.0 Å². The number of aromatic nitrogens is 1. The van der Waals surface area contributed by atoms with Gasteiger partial charge < -0.3 is 15.4 Å². The number of rotatable bonds is 5. The zero-order valence-corrected chi connectivity index (χ0v) is 11.9. The van der Waals surface area contributed by atoms with Crippen molar-refractivity contribution in [3.05, 3.63) is 41.6 Å². The van der Waals surface area contributed by atoms with Gasteiger partial charge in [-0.05, 0) is 30.5 Å². The predicted molar refractivity (Wildman–Crippen MR) is 81.6 cm³/mol. The Morgan fingerprint density at radius 1 is 1.55 bits per heavy atom. The highest BCUT2D eigenvalue weighted by molar-refractivity contribution is 5.93. The number of aliphatic carboxylic acids is 1. The Balaban J connectivity index is 2.65. The SMILES string of the molecule is C=Cc1cccc2c1c(CC(CN)C(=O)O)c(C)n2C. The van der Waals surface area contributed by atoms with E-state index in [2.05, 4.69) is 11.1 Å². The van der Waals surface area contributed by atoms with Gasteiger partial charge in [0.05, 0.1) is 5.92 Å². The topological polar surface area (TPSA) is 68.2 Å². The molecule has 1 atom stereocenters. The van der Waals surface area contributed by atoms with Crippen molar-refractivity contribution in [3.8, 4) is 0 Å². The van der Waals surface area contributed by atoms with Crippen molar-refractivity contribution in [2.24, 2.45) is 18.7 Å². The molecule has 0 saturated heterocycles. The van der Waals surface area contributed by atoms with E-state index in [1.165, 1.54) is 0 Å². The minimum Gasteiger partial charge on any atom is -0.481 e. The summed E-state index contributed by atoms with van der Waals surface area (Å²) in [6.07, 6.45) is 2.25. The average molecular weight is 272 g/mol. The number of carbonyl (C=O) groups is 1. The summed E-state index contributed by atoms with van der Waals surface area (Å²) < 4.78 is 2.09. The highest BCUT2D eigenvalue weighted by atomic mass is 16.4. The smallest absolute Gasteiger partial charge is 0.308 e. The second-order valence-corrected chi connectivity index (χ2v) is 5.04. The number of carboxylic acids is 1. The number of fused-ring (bicyclic) bond motifs is 1. The van der Waals surface area contributed by atoms with Gasteiger partial charge in [0, 0.05) is 30.2 Å². The molecule has 0 bridgehead atoms. The first-order valence-corrected chi connectivity index (χ1v) is 6.63. The zero-order valence-electron chi connectivity index (χ0n) is 11.9. The average Bonchev–Trinajstić information content (AvgIpc) is 2.68. The van der Waals surface area contributed by atoms with Gasteiger partial charge in [0.1, 0.15) is 0 Å². The number of nitrogens with two attached hydrogens (primary N) is 1. The van der Waals surface area contributed by atoms with Crippen LogP contribution in [0.4, 0.5) is 0 Å². The minimum atomic E-state index is -0.847. The van der Waals surface area contributed by atoms with Gasteiger partial charge in [-0.2, -0.15) is 0 Å². The first kappa shape index (κ1) is 14.3. The largest absolute Gasteiger partial charge is 0.481 e. The number of hydrogen-bond donors (Lipinski definition) is 2. The van der Waals surface area contributed by atoms with Gasteiger partial charge in [-0.15, -0.1) is 0 Å². The lowest BCUT2D eigenvalue weighted by Crippen LogP contribution is -2.25. The van der Waals surface area contributed by atoms with Crippen LogP contribution in [-0.4, -0.2) is 22.2 Å². The summed E-state index contributed by atoms with van der Waals surface area (Å²) in [5.41, 5.74) is 9.84. The van der Waals surface area contributed by atoms with Crippen molar-refractivity contribution in [3.63, 3.8) is 0 Å². The van der Waals surface area contributed by atoms with Crippen LogP contribution in [0.15, 0.2) is 24.8 Å². The first-order valence-electron chi connectivity index (χ1n) is 6.63. The maximum absolute atomic E-state index is 11.2. The molecule has 0 saturated carbocycles. The second kappa shape index (κ2) is 5.51. The van der Waals surface area contributed by atoms with Gasteiger partial charge in [-0.25, -0.2) is 0 Å². The van der Waals surface area contributed by atoms with Crippen LogP contribution in [0.3, 0.4) is 0 Å². The fourth-order valence-electron chi connectivity index (χ4n) is 2.67. The van der Waals surface area contributed by atoms with Crippen LogP contribution in [0, 0.1) is 12.8 Å². The molecule has 0 aliphatic carbocycles. The Bertz CT molecular complexity index is 671. The van der Waals surface area contributed by atoms with Gasteiger partial charge in [0.25, 0.3) is 0 Å². The van der Waals surface area contributed by atoms with Crippen molar-refractivity contribution >= 4 is 22.9 Å². The molecule has 106 valence electrons. The van der Waals surface area contributed by atoms with E-state index >= 15 is 0 Å². The van der Waals surface area contributed by atoms with Gasteiger partial charge in [0.2, 0.25) is 0 Å². The predicted octanol–water partition coefficient (Wildman–Crippen LogP) is 2.33. The monoisotopic (exact) mass is 272 g/mol. The number of hydrogen-bond acceptors (Lipinski definition) is 2. The molecule has 1 aromatic carbocycles. The number of nitrogens with zero attached hydrogens (tertiary/aromatic N) is 1. The number of carboxylic acid groups (broad SMARTS) is 1. The van der Waals surface area contributed by atoms with E-state index in [0.717, 1.165) is 27.7 Å². The van der Waals surface area contributed by atoms with E-state index in [0.29, 0.717) is 6.42 Å². The van der Waals surface area contributed by atoms with Gasteiger partial charge >= 0.3 is 5.97 Å². The van der Waals surface area contributed by atoms with E-state index in [4.69, 9.17) is 5.73 Å². The van der Waals surface area contributed by atoms with Gasteiger partial charge in [-0.1, -0.05) is 24.8 Å². The molecule has 4 heteroatoms. The number of aryl methyl sites for hydroxylation is 1. The van der Waals surface area contributed by atoms with Gasteiger partial charge in [0.15, 0.2) is 0 Å². The lowest BCUT2D eigenvalue weighted by atomic mass is 9.95. The Hall–Kier alpha value is -2.07. The highest BCUT2D eigenvalue weighted by Gasteiger charge is 2.21.